The van der Waals surface area contributed by atoms with Crippen LogP contribution in [0.25, 0.3) is 0 Å². The number of hydrogen-bond donors (Lipinski definition) is 2. The Bertz CT molecular complexity index is 704. The van der Waals surface area contributed by atoms with Crippen LogP contribution in [0.2, 0.25) is 12.1 Å². The Kier molecular flexibility index (Phi) is 42.8. The third-order valence-electron chi connectivity index (χ3n) is 8.45. The summed E-state index contributed by atoms with van der Waals surface area (Å²) in [5.74, 6) is 4.15. The minimum absolute atomic E-state index is 0.320. The third-order valence-corrected chi connectivity index (χ3v) is 17.1. The molecular weight excluding hydrogens is 793 g/mol. The molecule has 0 saturated heterocycles. The molecule has 0 bridgehead atoms. The highest BCUT2D eigenvalue weighted by Gasteiger charge is 2.40. The lowest BCUT2D eigenvalue weighted by molar-refractivity contribution is -0.0192. The van der Waals surface area contributed by atoms with E-state index in [9.17, 15) is 10.2 Å². The van der Waals surface area contributed by atoms with Crippen molar-refractivity contribution >= 4 is 41.1 Å². The first-order chi connectivity index (χ1) is 27.4. The Morgan fingerprint density at radius 2 is 0.607 bits per heavy atom. The van der Waals surface area contributed by atoms with Crippen LogP contribution in [0.15, 0.2) is 0 Å². The van der Waals surface area contributed by atoms with Gasteiger partial charge in [-0.2, -0.15) is 23.5 Å². The van der Waals surface area contributed by atoms with Crippen LogP contribution in [0.3, 0.4) is 0 Å². The highest BCUT2D eigenvalue weighted by molar-refractivity contribution is 7.99. The summed E-state index contributed by atoms with van der Waals surface area (Å²) in [4.78, 5) is 0. The van der Waals surface area contributed by atoms with E-state index in [0.717, 1.165) is 86.5 Å². The molecule has 0 aliphatic rings. The molecule has 0 aliphatic heterocycles. The zero-order valence-electron chi connectivity index (χ0n) is 36.6. The average Bonchev–Trinajstić information content (AvgIpc) is 3.17. The Morgan fingerprint density at radius 3 is 0.893 bits per heavy atom. The quantitative estimate of drug-likeness (QED) is 0.0452. The summed E-state index contributed by atoms with van der Waals surface area (Å²) in [5.41, 5.74) is 0. The summed E-state index contributed by atoms with van der Waals surface area (Å²) in [6, 6.07) is 1.71. The molecular formula is C40H86O12S2Si2. The molecule has 2 N–H and O–H groups in total. The molecule has 2 unspecified atom stereocenters. The molecule has 0 aromatic rings. The van der Waals surface area contributed by atoms with Crippen LogP contribution in [-0.4, -0.2) is 156 Å². The van der Waals surface area contributed by atoms with E-state index in [2.05, 4.69) is 0 Å². The molecule has 12 nitrogen and oxygen atoms in total. The maximum absolute atomic E-state index is 10.1. The van der Waals surface area contributed by atoms with E-state index in [1.807, 2.05) is 65.1 Å². The van der Waals surface area contributed by atoms with Gasteiger partial charge in [0.05, 0.1) is 26.4 Å². The molecule has 0 aromatic heterocycles. The van der Waals surface area contributed by atoms with Crippen LogP contribution in [-0.2, 0) is 45.5 Å². The Morgan fingerprint density at radius 1 is 0.357 bits per heavy atom. The van der Waals surface area contributed by atoms with Crippen LogP contribution in [0.5, 0.6) is 0 Å². The fourth-order valence-electron chi connectivity index (χ4n) is 5.96. The maximum Gasteiger partial charge on any atom is 0.500 e. The standard InChI is InChI=1S/C40H86O12S2Si2/c1-7-47-55(48-8-2,49-9-3)33-23-31-53-29-21-27-45-37-39(41)35-43-25-19-17-15-13-14-16-18-20-26-44-36-40(42)38-46-28-22-30-54-32-24-34-56(50-10-4,51-11-5)52-12-6/h39-42H,7-38H2,1-6H3. The predicted molar refractivity (Wildman–Crippen MR) is 236 cm³/mol. The van der Waals surface area contributed by atoms with Gasteiger partial charge in [-0.05, 0) is 103 Å². The Balaban J connectivity index is 3.49. The first kappa shape index (κ1) is 56.7. The van der Waals surface area contributed by atoms with Crippen LogP contribution in [0.4, 0.5) is 0 Å². The van der Waals surface area contributed by atoms with Gasteiger partial charge in [0.2, 0.25) is 0 Å². The lowest BCUT2D eigenvalue weighted by Gasteiger charge is -2.28. The van der Waals surface area contributed by atoms with Crippen LogP contribution < -0.4 is 0 Å². The summed E-state index contributed by atoms with van der Waals surface area (Å²) in [5, 5.41) is 20.3. The normalized spacial score (nSPS) is 13.5. The topological polar surface area (TPSA) is 133 Å². The summed E-state index contributed by atoms with van der Waals surface area (Å²) < 4.78 is 58.1. The van der Waals surface area contributed by atoms with E-state index in [0.29, 0.717) is 92.5 Å². The second-order valence-corrected chi connectivity index (χ2v) is 21.5. The van der Waals surface area contributed by atoms with Gasteiger partial charge in [0.25, 0.3) is 0 Å². The van der Waals surface area contributed by atoms with Crippen molar-refractivity contribution in [2.75, 3.05) is 116 Å². The number of ether oxygens (including phenoxy) is 4. The SMILES string of the molecule is CCO[Si](CCCSCCCOCC(O)COCCCCCCCCCCOCC(O)COCCCSCCC[Si](OCC)(OCC)OCC)(OCC)OCC. The molecule has 56 heavy (non-hydrogen) atoms. The van der Waals surface area contributed by atoms with Crippen molar-refractivity contribution in [2.24, 2.45) is 0 Å². The second-order valence-electron chi connectivity index (χ2n) is 13.5. The molecule has 0 amide bonds. The van der Waals surface area contributed by atoms with E-state index in [1.54, 1.807) is 0 Å². The molecule has 0 radical (unpaired) electrons. The minimum Gasteiger partial charge on any atom is -0.388 e. The number of unbranched alkanes of at least 4 members (excludes halogenated alkanes) is 7. The van der Waals surface area contributed by atoms with Crippen molar-refractivity contribution in [2.45, 2.75) is 143 Å². The highest BCUT2D eigenvalue weighted by atomic mass is 32.2. The number of thioether (sulfide) groups is 2. The number of aliphatic hydroxyl groups is 2. The van der Waals surface area contributed by atoms with Gasteiger partial charge in [0.1, 0.15) is 12.2 Å². The fraction of sp³-hybridized carbons (Fsp3) is 1.00. The van der Waals surface area contributed by atoms with Crippen molar-refractivity contribution in [3.8, 4) is 0 Å². The molecule has 0 fully saturated rings. The predicted octanol–water partition coefficient (Wildman–Crippen LogP) is 8.02. The van der Waals surface area contributed by atoms with Crippen LogP contribution in [0, 0.1) is 0 Å². The lowest BCUT2D eigenvalue weighted by Crippen LogP contribution is -2.46. The van der Waals surface area contributed by atoms with Crippen molar-refractivity contribution in [3.05, 3.63) is 0 Å². The fourth-order valence-corrected chi connectivity index (χ4v) is 13.4. The summed E-state index contributed by atoms with van der Waals surface area (Å²) in [6.07, 6.45) is 12.0. The van der Waals surface area contributed by atoms with Crippen molar-refractivity contribution < 1.29 is 55.7 Å². The summed E-state index contributed by atoms with van der Waals surface area (Å²) in [7, 11) is -5.06. The Hall–Kier alpha value is 0.654. The monoisotopic (exact) mass is 879 g/mol. The van der Waals surface area contributed by atoms with Gasteiger partial charge in [-0.1, -0.05) is 38.5 Å². The summed E-state index contributed by atoms with van der Waals surface area (Å²) >= 11 is 3.82. The largest absolute Gasteiger partial charge is 0.500 e. The molecule has 0 aromatic carbocycles. The second kappa shape index (κ2) is 42.3. The highest BCUT2D eigenvalue weighted by Crippen LogP contribution is 2.21. The molecule has 0 spiro atoms. The van der Waals surface area contributed by atoms with E-state index in [1.165, 1.54) is 25.7 Å². The van der Waals surface area contributed by atoms with Gasteiger partial charge < -0.3 is 55.7 Å². The molecule has 0 heterocycles. The van der Waals surface area contributed by atoms with Crippen LogP contribution >= 0.6 is 23.5 Å². The molecule has 2 atom stereocenters. The zero-order chi connectivity index (χ0) is 41.3. The average molecular weight is 879 g/mol. The van der Waals surface area contributed by atoms with Gasteiger partial charge in [0, 0.05) is 78.2 Å². The third kappa shape index (κ3) is 34.4. The lowest BCUT2D eigenvalue weighted by atomic mass is 10.1. The van der Waals surface area contributed by atoms with Crippen LogP contribution in [0.1, 0.15) is 119 Å². The van der Waals surface area contributed by atoms with Gasteiger partial charge >= 0.3 is 17.6 Å². The van der Waals surface area contributed by atoms with E-state index < -0.39 is 29.8 Å². The molecule has 0 rings (SSSR count). The molecule has 0 aliphatic carbocycles. The van der Waals surface area contributed by atoms with Gasteiger partial charge in [-0.3, -0.25) is 0 Å². The first-order valence-electron chi connectivity index (χ1n) is 22.0. The van der Waals surface area contributed by atoms with Gasteiger partial charge in [-0.25, -0.2) is 0 Å². The van der Waals surface area contributed by atoms with E-state index in [-0.39, 0.29) is 0 Å². The molecule has 16 heteroatoms. The van der Waals surface area contributed by atoms with Gasteiger partial charge in [-0.15, -0.1) is 0 Å². The number of hydrogen-bond acceptors (Lipinski definition) is 14. The van der Waals surface area contributed by atoms with Crippen molar-refractivity contribution in [3.63, 3.8) is 0 Å². The maximum atomic E-state index is 10.1. The molecule has 338 valence electrons. The summed E-state index contributed by atoms with van der Waals surface area (Å²) in [6.45, 7) is 19.6. The van der Waals surface area contributed by atoms with E-state index in [4.69, 9.17) is 45.5 Å². The van der Waals surface area contributed by atoms with Crippen molar-refractivity contribution in [1.29, 1.82) is 0 Å². The minimum atomic E-state index is -2.53. The smallest absolute Gasteiger partial charge is 0.388 e. The zero-order valence-corrected chi connectivity index (χ0v) is 40.2. The molecule has 0 saturated carbocycles. The van der Waals surface area contributed by atoms with E-state index >= 15 is 0 Å². The van der Waals surface area contributed by atoms with Crippen molar-refractivity contribution in [1.82, 2.24) is 0 Å². The van der Waals surface area contributed by atoms with Gasteiger partial charge in [0.15, 0.2) is 0 Å². The number of aliphatic hydroxyl groups excluding tert-OH is 2. The number of rotatable bonds is 47. The first-order valence-corrected chi connectivity index (χ1v) is 28.2. The Labute approximate surface area is 353 Å².